The molecule has 1 aromatic carbocycles. The van der Waals surface area contributed by atoms with E-state index in [1.54, 1.807) is 0 Å². The highest BCUT2D eigenvalue weighted by atomic mass is 32.1. The molecular formula is C17H22N2OS. The summed E-state index contributed by atoms with van der Waals surface area (Å²) in [5.74, 6) is 0.131. The van der Waals surface area contributed by atoms with Crippen LogP contribution in [0.15, 0.2) is 24.3 Å². The smallest absolute Gasteiger partial charge is 0.266 e. The third-order valence-corrected chi connectivity index (χ3v) is 5.51. The lowest BCUT2D eigenvalue weighted by Crippen LogP contribution is -2.43. The van der Waals surface area contributed by atoms with Crippen LogP contribution in [0.1, 0.15) is 48.7 Å². The molecule has 0 bridgehead atoms. The van der Waals surface area contributed by atoms with Crippen LogP contribution in [0, 0.1) is 0 Å². The summed E-state index contributed by atoms with van der Waals surface area (Å²) >= 11 is 1.53. The second kappa shape index (κ2) is 6.06. The Morgan fingerprint density at radius 3 is 2.95 bits per heavy atom. The van der Waals surface area contributed by atoms with E-state index >= 15 is 0 Å². The average Bonchev–Trinajstić information content (AvgIpc) is 2.85. The van der Waals surface area contributed by atoms with E-state index in [1.165, 1.54) is 17.8 Å². The predicted molar refractivity (Wildman–Crippen MR) is 89.8 cm³/mol. The lowest BCUT2D eigenvalue weighted by atomic mass is 9.98. The maximum absolute atomic E-state index is 12.9. The summed E-state index contributed by atoms with van der Waals surface area (Å²) in [6.07, 6.45) is 5.68. The van der Waals surface area contributed by atoms with E-state index in [4.69, 9.17) is 5.73 Å². The zero-order chi connectivity index (χ0) is 14.8. The third-order valence-electron chi connectivity index (χ3n) is 4.34. The molecule has 1 aliphatic rings. The molecule has 21 heavy (non-hydrogen) atoms. The highest BCUT2D eigenvalue weighted by Gasteiger charge is 2.29. The van der Waals surface area contributed by atoms with Gasteiger partial charge in [-0.3, -0.25) is 4.79 Å². The van der Waals surface area contributed by atoms with Gasteiger partial charge in [-0.2, -0.15) is 0 Å². The molecule has 0 saturated carbocycles. The molecule has 3 nitrogen and oxygen atoms in total. The Balaban J connectivity index is 1.93. The molecule has 1 atom stereocenters. The van der Waals surface area contributed by atoms with Gasteiger partial charge in [0.25, 0.3) is 5.91 Å². The average molecular weight is 302 g/mol. The number of hydrogen-bond donors (Lipinski definition) is 1. The van der Waals surface area contributed by atoms with Crippen LogP contribution in [0.5, 0.6) is 0 Å². The highest BCUT2D eigenvalue weighted by molar-refractivity contribution is 7.21. The first kappa shape index (κ1) is 14.4. The van der Waals surface area contributed by atoms with E-state index in [9.17, 15) is 4.79 Å². The summed E-state index contributed by atoms with van der Waals surface area (Å²) in [4.78, 5) is 15.7. The Morgan fingerprint density at radius 2 is 2.19 bits per heavy atom. The zero-order valence-corrected chi connectivity index (χ0v) is 13.3. The van der Waals surface area contributed by atoms with Gasteiger partial charge in [-0.25, -0.2) is 0 Å². The van der Waals surface area contributed by atoms with Gasteiger partial charge in [0.15, 0.2) is 0 Å². The molecular weight excluding hydrogens is 280 g/mol. The number of rotatable bonds is 3. The van der Waals surface area contributed by atoms with E-state index in [1.807, 2.05) is 24.3 Å². The van der Waals surface area contributed by atoms with Gasteiger partial charge in [-0.1, -0.05) is 31.5 Å². The fourth-order valence-electron chi connectivity index (χ4n) is 3.26. The van der Waals surface area contributed by atoms with Crippen LogP contribution in [0.25, 0.3) is 10.1 Å². The zero-order valence-electron chi connectivity index (χ0n) is 12.5. The Labute approximate surface area is 129 Å². The topological polar surface area (TPSA) is 46.3 Å². The van der Waals surface area contributed by atoms with Crippen molar-refractivity contribution in [2.24, 2.45) is 0 Å². The quantitative estimate of drug-likeness (QED) is 0.920. The fourth-order valence-corrected chi connectivity index (χ4v) is 4.33. The van der Waals surface area contributed by atoms with Crippen LogP contribution in [0.2, 0.25) is 0 Å². The number of fused-ring (bicyclic) bond motifs is 1. The summed E-state index contributed by atoms with van der Waals surface area (Å²) in [7, 11) is 0. The second-order valence-corrected chi connectivity index (χ2v) is 6.83. The maximum atomic E-state index is 12.9. The Hall–Kier alpha value is -1.55. The van der Waals surface area contributed by atoms with Crippen LogP contribution in [-0.4, -0.2) is 23.4 Å². The van der Waals surface area contributed by atoms with Gasteiger partial charge in [0.05, 0.1) is 5.69 Å². The third kappa shape index (κ3) is 2.64. The minimum Gasteiger partial charge on any atom is -0.397 e. The highest BCUT2D eigenvalue weighted by Crippen LogP contribution is 2.35. The number of carbonyl (C=O) groups is 1. The molecule has 2 N–H and O–H groups in total. The van der Waals surface area contributed by atoms with Crippen molar-refractivity contribution < 1.29 is 4.79 Å². The number of benzene rings is 1. The van der Waals surface area contributed by atoms with Crippen LogP contribution in [-0.2, 0) is 0 Å². The van der Waals surface area contributed by atoms with Crippen LogP contribution in [0.4, 0.5) is 5.69 Å². The van der Waals surface area contributed by atoms with Crippen LogP contribution < -0.4 is 5.73 Å². The van der Waals surface area contributed by atoms with Crippen molar-refractivity contribution in [1.29, 1.82) is 0 Å². The second-order valence-electron chi connectivity index (χ2n) is 5.78. The molecule has 0 radical (unpaired) electrons. The lowest BCUT2D eigenvalue weighted by molar-refractivity contribution is 0.0607. The molecule has 0 aliphatic carbocycles. The van der Waals surface area contributed by atoms with Gasteiger partial charge in [-0.05, 0) is 31.7 Å². The van der Waals surface area contributed by atoms with Gasteiger partial charge in [-0.15, -0.1) is 11.3 Å². The van der Waals surface area contributed by atoms with Crippen molar-refractivity contribution >= 4 is 33.0 Å². The van der Waals surface area contributed by atoms with Gasteiger partial charge in [0.2, 0.25) is 0 Å². The molecule has 1 saturated heterocycles. The number of hydrogen-bond acceptors (Lipinski definition) is 3. The molecule has 1 amide bonds. The Kier molecular flexibility index (Phi) is 4.15. The Morgan fingerprint density at radius 1 is 1.38 bits per heavy atom. The molecule has 1 fully saturated rings. The van der Waals surface area contributed by atoms with E-state index in [0.717, 1.165) is 47.2 Å². The molecule has 2 heterocycles. The van der Waals surface area contributed by atoms with Crippen molar-refractivity contribution in [1.82, 2.24) is 4.90 Å². The molecule has 112 valence electrons. The van der Waals surface area contributed by atoms with Gasteiger partial charge >= 0.3 is 0 Å². The van der Waals surface area contributed by atoms with E-state index < -0.39 is 0 Å². The molecule has 1 aromatic heterocycles. The van der Waals surface area contributed by atoms with Gasteiger partial charge < -0.3 is 10.6 Å². The standard InChI is InChI=1S/C17H22N2OS/c1-2-7-12-8-5-6-11-19(12)17(20)16-15(18)13-9-3-4-10-14(13)21-16/h3-4,9-10,12H,2,5-8,11,18H2,1H3. The number of nitrogen functional groups attached to an aromatic ring is 1. The Bertz CT molecular complexity index is 647. The fraction of sp³-hybridized carbons (Fsp3) is 0.471. The molecule has 1 aliphatic heterocycles. The van der Waals surface area contributed by atoms with E-state index in [2.05, 4.69) is 11.8 Å². The molecule has 3 rings (SSSR count). The molecule has 0 spiro atoms. The van der Waals surface area contributed by atoms with Crippen LogP contribution >= 0.6 is 11.3 Å². The van der Waals surface area contributed by atoms with Gasteiger partial charge in [0, 0.05) is 22.7 Å². The summed E-state index contributed by atoms with van der Waals surface area (Å²) in [5.41, 5.74) is 6.88. The van der Waals surface area contributed by atoms with Crippen molar-refractivity contribution in [3.05, 3.63) is 29.1 Å². The monoisotopic (exact) mass is 302 g/mol. The van der Waals surface area contributed by atoms with Crippen molar-refractivity contribution in [3.63, 3.8) is 0 Å². The number of piperidine rings is 1. The number of amides is 1. The summed E-state index contributed by atoms with van der Waals surface area (Å²) in [5, 5.41) is 1.01. The molecule has 2 aromatic rings. The normalized spacial score (nSPS) is 19.1. The predicted octanol–water partition coefficient (Wildman–Crippen LogP) is 4.28. The number of nitrogens with zero attached hydrogens (tertiary/aromatic N) is 1. The lowest BCUT2D eigenvalue weighted by Gasteiger charge is -2.35. The van der Waals surface area contributed by atoms with Crippen LogP contribution in [0.3, 0.4) is 0 Å². The summed E-state index contributed by atoms with van der Waals surface area (Å²) < 4.78 is 1.10. The number of carbonyl (C=O) groups excluding carboxylic acids is 1. The van der Waals surface area contributed by atoms with E-state index in [-0.39, 0.29) is 5.91 Å². The number of nitrogens with two attached hydrogens (primary N) is 1. The van der Waals surface area contributed by atoms with Gasteiger partial charge in [0.1, 0.15) is 4.88 Å². The SMILES string of the molecule is CCCC1CCCCN1C(=O)c1sc2ccccc2c1N. The largest absolute Gasteiger partial charge is 0.397 e. The van der Waals surface area contributed by atoms with Crippen molar-refractivity contribution in [3.8, 4) is 0 Å². The first-order valence-corrected chi connectivity index (χ1v) is 8.62. The summed E-state index contributed by atoms with van der Waals surface area (Å²) in [6.45, 7) is 3.06. The first-order valence-electron chi connectivity index (χ1n) is 7.80. The summed E-state index contributed by atoms with van der Waals surface area (Å²) in [6, 6.07) is 8.39. The molecule has 4 heteroatoms. The van der Waals surface area contributed by atoms with Crippen molar-refractivity contribution in [2.45, 2.75) is 45.1 Å². The minimum absolute atomic E-state index is 0.131. The molecule has 1 unspecified atom stereocenters. The minimum atomic E-state index is 0.131. The number of thiophene rings is 1. The maximum Gasteiger partial charge on any atom is 0.266 e. The number of likely N-dealkylation sites (tertiary alicyclic amines) is 1. The van der Waals surface area contributed by atoms with E-state index in [0.29, 0.717) is 11.7 Å². The number of anilines is 1. The van der Waals surface area contributed by atoms with Crippen molar-refractivity contribution in [2.75, 3.05) is 12.3 Å². The first-order chi connectivity index (χ1) is 10.2.